The minimum atomic E-state index is -3.74. The predicted molar refractivity (Wildman–Crippen MR) is 113 cm³/mol. The molecule has 0 aliphatic rings. The van der Waals surface area contributed by atoms with Gasteiger partial charge < -0.3 is 0 Å². The molecule has 0 spiro atoms. The highest BCUT2D eigenvalue weighted by molar-refractivity contribution is 7.89. The Hall–Kier alpha value is -2.45. The lowest BCUT2D eigenvalue weighted by Gasteiger charge is -2.08. The van der Waals surface area contributed by atoms with Gasteiger partial charge in [-0.1, -0.05) is 23.7 Å². The zero-order valence-corrected chi connectivity index (χ0v) is 17.2. The fraction of sp³-hybridized carbons (Fsp3) is 0.0500. The number of primary sulfonamides is 1. The van der Waals surface area contributed by atoms with Gasteiger partial charge in [-0.3, -0.25) is 0 Å². The zero-order valence-electron chi connectivity index (χ0n) is 14.8. The van der Waals surface area contributed by atoms with Crippen molar-refractivity contribution in [1.82, 2.24) is 9.78 Å². The molecular formula is C20H16ClN3O2S2. The minimum Gasteiger partial charge on any atom is -0.232 e. The molecule has 142 valence electrons. The Balaban J connectivity index is 1.87. The van der Waals surface area contributed by atoms with Crippen molar-refractivity contribution in [3.8, 4) is 28.2 Å². The van der Waals surface area contributed by atoms with Crippen LogP contribution in [0.3, 0.4) is 0 Å². The predicted octanol–water partition coefficient (Wildman–Crippen LogP) is 4.88. The van der Waals surface area contributed by atoms with Crippen LogP contribution in [0.5, 0.6) is 0 Å². The summed E-state index contributed by atoms with van der Waals surface area (Å²) in [6, 6.07) is 17.9. The molecule has 4 aromatic rings. The van der Waals surface area contributed by atoms with Gasteiger partial charge in [0.15, 0.2) is 0 Å². The molecule has 0 radical (unpaired) electrons. The molecule has 0 unspecified atom stereocenters. The van der Waals surface area contributed by atoms with E-state index in [-0.39, 0.29) is 4.90 Å². The molecule has 8 heteroatoms. The van der Waals surface area contributed by atoms with Crippen LogP contribution in [0.15, 0.2) is 70.9 Å². The monoisotopic (exact) mass is 429 g/mol. The van der Waals surface area contributed by atoms with Gasteiger partial charge in [-0.2, -0.15) is 5.10 Å². The van der Waals surface area contributed by atoms with Crippen molar-refractivity contribution in [2.24, 2.45) is 5.14 Å². The number of nitrogens with zero attached hydrogens (tertiary/aromatic N) is 2. The Morgan fingerprint density at radius 2 is 1.71 bits per heavy atom. The molecule has 0 bridgehead atoms. The van der Waals surface area contributed by atoms with Crippen molar-refractivity contribution in [3.63, 3.8) is 0 Å². The van der Waals surface area contributed by atoms with Gasteiger partial charge in [0.05, 0.1) is 22.0 Å². The third-order valence-electron chi connectivity index (χ3n) is 4.39. The Kier molecular flexibility index (Phi) is 4.84. The molecule has 28 heavy (non-hydrogen) atoms. The number of aryl methyl sites for hydroxylation is 1. The normalized spacial score (nSPS) is 11.7. The summed E-state index contributed by atoms with van der Waals surface area (Å²) >= 11 is 7.66. The lowest BCUT2D eigenvalue weighted by Crippen LogP contribution is -2.12. The van der Waals surface area contributed by atoms with Gasteiger partial charge in [-0.25, -0.2) is 18.2 Å². The highest BCUT2D eigenvalue weighted by atomic mass is 35.5. The molecule has 0 saturated heterocycles. The van der Waals surface area contributed by atoms with E-state index in [4.69, 9.17) is 21.8 Å². The summed E-state index contributed by atoms with van der Waals surface area (Å²) in [6.45, 7) is 2.06. The van der Waals surface area contributed by atoms with Crippen molar-refractivity contribution >= 4 is 33.0 Å². The highest BCUT2D eigenvalue weighted by Gasteiger charge is 2.16. The maximum absolute atomic E-state index is 11.5. The molecule has 2 aromatic carbocycles. The van der Waals surface area contributed by atoms with Crippen LogP contribution in [0.25, 0.3) is 28.2 Å². The summed E-state index contributed by atoms with van der Waals surface area (Å²) in [5, 5.41) is 12.7. The molecule has 0 atom stereocenters. The molecule has 2 heterocycles. The minimum absolute atomic E-state index is 0.0644. The number of sulfonamides is 1. The van der Waals surface area contributed by atoms with Crippen LogP contribution in [0.1, 0.15) is 4.88 Å². The number of benzene rings is 2. The largest absolute Gasteiger partial charge is 0.238 e. The Morgan fingerprint density at radius 1 is 1.04 bits per heavy atom. The van der Waals surface area contributed by atoms with Crippen LogP contribution in [-0.4, -0.2) is 18.2 Å². The van der Waals surface area contributed by atoms with E-state index in [2.05, 4.69) is 13.0 Å². The average Bonchev–Trinajstić information content (AvgIpc) is 3.28. The van der Waals surface area contributed by atoms with E-state index in [9.17, 15) is 8.42 Å². The maximum Gasteiger partial charge on any atom is 0.238 e. The van der Waals surface area contributed by atoms with Crippen molar-refractivity contribution in [3.05, 3.63) is 75.9 Å². The van der Waals surface area contributed by atoms with E-state index in [1.54, 1.807) is 23.5 Å². The summed E-state index contributed by atoms with van der Waals surface area (Å²) in [7, 11) is -3.74. The number of nitrogens with two attached hydrogens (primary N) is 1. The first kappa shape index (κ1) is 18.9. The number of hydrogen-bond donors (Lipinski definition) is 1. The van der Waals surface area contributed by atoms with Crippen LogP contribution < -0.4 is 5.14 Å². The summed E-state index contributed by atoms with van der Waals surface area (Å²) in [6.07, 6.45) is 0. The van der Waals surface area contributed by atoms with Crippen LogP contribution in [0.4, 0.5) is 0 Å². The molecule has 0 aliphatic heterocycles. The van der Waals surface area contributed by atoms with Gasteiger partial charge in [0, 0.05) is 21.0 Å². The average molecular weight is 430 g/mol. The lowest BCUT2D eigenvalue weighted by atomic mass is 10.1. The summed E-state index contributed by atoms with van der Waals surface area (Å²) in [4.78, 5) is 1.24. The van der Waals surface area contributed by atoms with E-state index in [0.29, 0.717) is 5.02 Å². The quantitative estimate of drug-likeness (QED) is 0.502. The number of rotatable bonds is 4. The van der Waals surface area contributed by atoms with Crippen molar-refractivity contribution in [1.29, 1.82) is 0 Å². The first-order valence-electron chi connectivity index (χ1n) is 8.36. The molecule has 0 fully saturated rings. The van der Waals surface area contributed by atoms with Crippen LogP contribution in [0, 0.1) is 6.92 Å². The lowest BCUT2D eigenvalue weighted by molar-refractivity contribution is 0.598. The van der Waals surface area contributed by atoms with Crippen molar-refractivity contribution in [2.45, 2.75) is 11.8 Å². The first-order chi connectivity index (χ1) is 13.3. The van der Waals surface area contributed by atoms with Crippen LogP contribution in [0.2, 0.25) is 5.02 Å². The first-order valence-corrected chi connectivity index (χ1v) is 11.2. The van der Waals surface area contributed by atoms with Gasteiger partial charge in [0.2, 0.25) is 10.0 Å². The SMILES string of the molecule is Cc1sccc1-c1cc(-c2ccc(Cl)cc2)nn1-c1ccc(S(N)(=O)=O)cc1. The molecule has 5 nitrogen and oxygen atoms in total. The Morgan fingerprint density at radius 3 is 2.29 bits per heavy atom. The molecule has 4 rings (SSSR count). The molecule has 2 N–H and O–H groups in total. The van der Waals surface area contributed by atoms with Crippen LogP contribution in [-0.2, 0) is 10.0 Å². The van der Waals surface area contributed by atoms with Crippen molar-refractivity contribution in [2.75, 3.05) is 0 Å². The standard InChI is InChI=1S/C20H16ClN3O2S2/c1-13-18(10-11-27-13)20-12-19(14-2-4-15(21)5-3-14)23-24(20)16-6-8-17(9-7-16)28(22,25)26/h2-12H,1H3,(H2,22,25,26). The van der Waals surface area contributed by atoms with E-state index < -0.39 is 10.0 Å². The third-order valence-corrected chi connectivity index (χ3v) is 6.42. The van der Waals surface area contributed by atoms with Gasteiger partial charge in [-0.15, -0.1) is 11.3 Å². The Bertz CT molecular complexity index is 1240. The number of thiophene rings is 1. The van der Waals surface area contributed by atoms with Crippen molar-refractivity contribution < 1.29 is 8.42 Å². The maximum atomic E-state index is 11.5. The smallest absolute Gasteiger partial charge is 0.232 e. The molecule has 0 amide bonds. The molecular weight excluding hydrogens is 414 g/mol. The second kappa shape index (κ2) is 7.18. The van der Waals surface area contributed by atoms with E-state index in [1.807, 2.05) is 40.4 Å². The summed E-state index contributed by atoms with van der Waals surface area (Å²) < 4.78 is 24.9. The topological polar surface area (TPSA) is 78.0 Å². The van der Waals surface area contributed by atoms with E-state index in [0.717, 1.165) is 28.2 Å². The summed E-state index contributed by atoms with van der Waals surface area (Å²) in [5.41, 5.74) is 4.49. The van der Waals surface area contributed by atoms with E-state index in [1.165, 1.54) is 17.0 Å². The van der Waals surface area contributed by atoms with Gasteiger partial charge >= 0.3 is 0 Å². The molecule has 2 aromatic heterocycles. The summed E-state index contributed by atoms with van der Waals surface area (Å²) in [5.74, 6) is 0. The second-order valence-electron chi connectivity index (χ2n) is 6.26. The fourth-order valence-corrected chi connectivity index (χ4v) is 4.31. The van der Waals surface area contributed by atoms with Gasteiger partial charge in [-0.05, 0) is 60.8 Å². The number of aromatic nitrogens is 2. The third kappa shape index (κ3) is 3.62. The number of halogens is 1. The second-order valence-corrected chi connectivity index (χ2v) is 9.38. The fourth-order valence-electron chi connectivity index (χ4n) is 2.96. The number of hydrogen-bond acceptors (Lipinski definition) is 4. The van der Waals surface area contributed by atoms with Gasteiger partial charge in [0.25, 0.3) is 0 Å². The van der Waals surface area contributed by atoms with Crippen LogP contribution >= 0.6 is 22.9 Å². The Labute approximate surface area is 172 Å². The van der Waals surface area contributed by atoms with Gasteiger partial charge in [0.1, 0.15) is 0 Å². The highest BCUT2D eigenvalue weighted by Crippen LogP contribution is 2.33. The molecule has 0 aliphatic carbocycles. The van der Waals surface area contributed by atoms with E-state index >= 15 is 0 Å². The molecule has 0 saturated carbocycles. The zero-order chi connectivity index (χ0) is 19.9.